The maximum absolute atomic E-state index is 11.5. The lowest BCUT2D eigenvalue weighted by Crippen LogP contribution is -2.05. The minimum atomic E-state index is -1.44. The molecule has 0 aliphatic heterocycles. The van der Waals surface area contributed by atoms with Crippen LogP contribution in [0.4, 0.5) is 5.69 Å². The van der Waals surface area contributed by atoms with Crippen LogP contribution in [0.5, 0.6) is 0 Å². The summed E-state index contributed by atoms with van der Waals surface area (Å²) in [6, 6.07) is 5.81. The van der Waals surface area contributed by atoms with Gasteiger partial charge < -0.3 is 0 Å². The number of nitriles is 1. The predicted octanol–water partition coefficient (Wildman–Crippen LogP) is 0.785. The smallest absolute Gasteiger partial charge is 0.268 e. The van der Waals surface area contributed by atoms with Crippen LogP contribution in [-0.2, 0) is 10.8 Å². The molecule has 8 nitrogen and oxygen atoms in total. The molecular weight excluding hydrogens is 270 g/mol. The fraction of sp³-hybridized carbons (Fsp3) is 0.100. The van der Waals surface area contributed by atoms with E-state index in [9.17, 15) is 14.3 Å². The van der Waals surface area contributed by atoms with E-state index in [-0.39, 0.29) is 22.1 Å². The van der Waals surface area contributed by atoms with E-state index in [0.717, 1.165) is 6.07 Å². The van der Waals surface area contributed by atoms with Crippen LogP contribution in [-0.4, -0.2) is 30.2 Å². The number of nitro benzene ring substituents is 1. The number of nitro groups is 1. The third-order valence-corrected chi connectivity index (χ3v) is 3.13. The van der Waals surface area contributed by atoms with E-state index in [4.69, 9.17) is 5.26 Å². The summed E-state index contributed by atoms with van der Waals surface area (Å²) >= 11 is 0. The van der Waals surface area contributed by atoms with Gasteiger partial charge in [0.1, 0.15) is 12.0 Å². The number of rotatable bonds is 3. The predicted molar refractivity (Wildman–Crippen MR) is 65.1 cm³/mol. The molecule has 0 bridgehead atoms. The van der Waals surface area contributed by atoms with E-state index in [1.807, 2.05) is 6.07 Å². The molecule has 0 fully saturated rings. The zero-order valence-electron chi connectivity index (χ0n) is 9.68. The van der Waals surface area contributed by atoms with Gasteiger partial charge in [-0.05, 0) is 12.1 Å². The van der Waals surface area contributed by atoms with Crippen molar-refractivity contribution in [3.05, 3.63) is 40.2 Å². The molecule has 19 heavy (non-hydrogen) atoms. The van der Waals surface area contributed by atoms with Crippen molar-refractivity contribution in [1.29, 1.82) is 5.26 Å². The normalized spacial score (nSPS) is 11.8. The molecule has 0 unspecified atom stereocenters. The summed E-state index contributed by atoms with van der Waals surface area (Å²) < 4.78 is 12.7. The Kier molecular flexibility index (Phi) is 3.35. The van der Waals surface area contributed by atoms with Gasteiger partial charge in [0, 0.05) is 12.3 Å². The molecule has 0 aliphatic carbocycles. The fourth-order valence-electron chi connectivity index (χ4n) is 1.53. The van der Waals surface area contributed by atoms with E-state index >= 15 is 0 Å². The molecule has 0 aliphatic rings. The summed E-state index contributed by atoms with van der Waals surface area (Å²) in [5.41, 5.74) is 0.0624. The van der Waals surface area contributed by atoms with Crippen LogP contribution in [0.2, 0.25) is 0 Å². The van der Waals surface area contributed by atoms with Gasteiger partial charge >= 0.3 is 0 Å². The maximum Gasteiger partial charge on any atom is 0.294 e. The molecule has 0 saturated carbocycles. The first-order valence-corrected chi connectivity index (χ1v) is 6.52. The van der Waals surface area contributed by atoms with E-state index in [2.05, 4.69) is 10.2 Å². The average Bonchev–Trinajstić information content (AvgIpc) is 2.87. The second-order valence-corrected chi connectivity index (χ2v) is 4.78. The van der Waals surface area contributed by atoms with Crippen molar-refractivity contribution >= 4 is 16.5 Å². The van der Waals surface area contributed by atoms with Crippen LogP contribution in [0.3, 0.4) is 0 Å². The van der Waals surface area contributed by atoms with Crippen molar-refractivity contribution in [2.75, 3.05) is 6.26 Å². The molecule has 96 valence electrons. The van der Waals surface area contributed by atoms with Gasteiger partial charge in [-0.1, -0.05) is 0 Å². The third kappa shape index (κ3) is 2.34. The SMILES string of the molecule is C[S@@](=O)c1nncn1-c1ccc(C#N)cc1[N+](=O)[O-]. The Morgan fingerprint density at radius 1 is 1.53 bits per heavy atom. The molecule has 0 N–H and O–H groups in total. The summed E-state index contributed by atoms with van der Waals surface area (Å²) in [4.78, 5) is 10.4. The van der Waals surface area contributed by atoms with Gasteiger partial charge in [-0.2, -0.15) is 5.26 Å². The average molecular weight is 277 g/mol. The quantitative estimate of drug-likeness (QED) is 0.605. The monoisotopic (exact) mass is 277 g/mol. The van der Waals surface area contributed by atoms with Crippen LogP contribution in [0.15, 0.2) is 29.7 Å². The molecule has 0 saturated heterocycles. The van der Waals surface area contributed by atoms with Gasteiger partial charge in [-0.15, -0.1) is 10.2 Å². The van der Waals surface area contributed by atoms with E-state index in [1.54, 1.807) is 0 Å². The Bertz CT molecular complexity index is 718. The first-order chi connectivity index (χ1) is 9.04. The van der Waals surface area contributed by atoms with Gasteiger partial charge in [0.25, 0.3) is 5.69 Å². The highest BCUT2D eigenvalue weighted by Crippen LogP contribution is 2.25. The lowest BCUT2D eigenvalue weighted by atomic mass is 10.2. The zero-order chi connectivity index (χ0) is 14.0. The first kappa shape index (κ1) is 12.8. The molecule has 1 aromatic heterocycles. The summed E-state index contributed by atoms with van der Waals surface area (Å²) in [5, 5.41) is 27.1. The minimum Gasteiger partial charge on any atom is -0.268 e. The van der Waals surface area contributed by atoms with Crippen molar-refractivity contribution in [2.45, 2.75) is 5.16 Å². The van der Waals surface area contributed by atoms with Crippen LogP contribution < -0.4 is 0 Å². The molecule has 0 spiro atoms. The molecule has 1 aromatic carbocycles. The van der Waals surface area contributed by atoms with Gasteiger partial charge in [-0.25, -0.2) is 0 Å². The second-order valence-electron chi connectivity index (χ2n) is 3.51. The molecule has 2 rings (SSSR count). The number of nitrogens with zero attached hydrogens (tertiary/aromatic N) is 5. The highest BCUT2D eigenvalue weighted by molar-refractivity contribution is 7.84. The maximum atomic E-state index is 11.5. The number of hydrogen-bond acceptors (Lipinski definition) is 6. The van der Waals surface area contributed by atoms with Gasteiger partial charge in [0.15, 0.2) is 0 Å². The summed E-state index contributed by atoms with van der Waals surface area (Å²) in [7, 11) is -1.44. The van der Waals surface area contributed by atoms with Crippen molar-refractivity contribution in [1.82, 2.24) is 14.8 Å². The molecule has 9 heteroatoms. The summed E-state index contributed by atoms with van der Waals surface area (Å²) in [6.45, 7) is 0. The Hall–Kier alpha value is -2.60. The standard InChI is InChI=1S/C10H7N5O3S/c1-19(18)10-13-12-6-14(10)8-3-2-7(5-11)4-9(8)15(16)17/h2-4,6H,1H3/t19-/m1/s1. The Labute approximate surface area is 109 Å². The molecule has 1 heterocycles. The van der Waals surface area contributed by atoms with E-state index < -0.39 is 15.7 Å². The van der Waals surface area contributed by atoms with Gasteiger partial charge in [-0.3, -0.25) is 18.9 Å². The van der Waals surface area contributed by atoms with Crippen molar-refractivity contribution < 1.29 is 9.13 Å². The van der Waals surface area contributed by atoms with Crippen molar-refractivity contribution in [2.24, 2.45) is 0 Å². The second kappa shape index (κ2) is 4.95. The number of hydrogen-bond donors (Lipinski definition) is 0. The molecule has 0 amide bonds. The number of benzene rings is 1. The highest BCUT2D eigenvalue weighted by atomic mass is 32.2. The van der Waals surface area contributed by atoms with Gasteiger partial charge in [0.05, 0.1) is 27.4 Å². The molecule has 2 aromatic rings. The van der Waals surface area contributed by atoms with Gasteiger partial charge in [0.2, 0.25) is 5.16 Å². The molecular formula is C10H7N5O3S. The Balaban J connectivity index is 2.69. The van der Waals surface area contributed by atoms with Crippen molar-refractivity contribution in [3.8, 4) is 11.8 Å². The minimum absolute atomic E-state index is 0.104. The Morgan fingerprint density at radius 2 is 2.26 bits per heavy atom. The number of aromatic nitrogens is 3. The molecule has 1 atom stereocenters. The lowest BCUT2D eigenvalue weighted by molar-refractivity contribution is -0.384. The summed E-state index contributed by atoms with van der Waals surface area (Å²) in [5.74, 6) is 0. The van der Waals surface area contributed by atoms with Crippen LogP contribution >= 0.6 is 0 Å². The summed E-state index contributed by atoms with van der Waals surface area (Å²) in [6.07, 6.45) is 2.64. The van der Waals surface area contributed by atoms with Crippen molar-refractivity contribution in [3.63, 3.8) is 0 Å². The van der Waals surface area contributed by atoms with Crippen LogP contribution in [0.25, 0.3) is 5.69 Å². The third-order valence-electron chi connectivity index (χ3n) is 2.33. The fourth-order valence-corrected chi connectivity index (χ4v) is 2.11. The molecule has 0 radical (unpaired) electrons. The van der Waals surface area contributed by atoms with Crippen LogP contribution in [0.1, 0.15) is 5.56 Å². The highest BCUT2D eigenvalue weighted by Gasteiger charge is 2.20. The lowest BCUT2D eigenvalue weighted by Gasteiger charge is -2.05. The largest absolute Gasteiger partial charge is 0.294 e. The van der Waals surface area contributed by atoms with E-state index in [0.29, 0.717) is 0 Å². The topological polar surface area (TPSA) is 115 Å². The zero-order valence-corrected chi connectivity index (χ0v) is 10.5. The Morgan fingerprint density at radius 3 is 2.84 bits per heavy atom. The van der Waals surface area contributed by atoms with Crippen LogP contribution in [0, 0.1) is 21.4 Å². The van der Waals surface area contributed by atoms with E-state index in [1.165, 1.54) is 29.3 Å². The first-order valence-electron chi connectivity index (χ1n) is 4.97.